The van der Waals surface area contributed by atoms with Crippen molar-refractivity contribution in [1.82, 2.24) is 10.2 Å². The summed E-state index contributed by atoms with van der Waals surface area (Å²) in [5, 5.41) is 26.7. The normalized spacial score (nSPS) is 22.8. The number of hydrogen-bond acceptors (Lipinski definition) is 7. The fourth-order valence-corrected chi connectivity index (χ4v) is 11.7. The number of hydrogen-bond donors (Lipinski definition) is 3. The van der Waals surface area contributed by atoms with Crippen LogP contribution in [0.2, 0.25) is 0 Å². The first-order chi connectivity index (χ1) is 32.8. The van der Waals surface area contributed by atoms with E-state index < -0.39 is 22.8 Å². The first kappa shape index (κ1) is 53.9. The van der Waals surface area contributed by atoms with Crippen LogP contribution in [-0.2, 0) is 16.1 Å². The third kappa shape index (κ3) is 14.8. The highest BCUT2D eigenvalue weighted by molar-refractivity contribution is 5.89. The number of aldehydes is 1. The van der Waals surface area contributed by atoms with Gasteiger partial charge in [0.2, 0.25) is 0 Å². The van der Waals surface area contributed by atoms with Crippen LogP contribution in [0.4, 0.5) is 0 Å². The molecular formula is C60H86N2O7. The number of nitrogens with zero attached hydrogens (tertiary/aromatic N) is 1. The van der Waals surface area contributed by atoms with Gasteiger partial charge < -0.3 is 25.0 Å². The monoisotopic (exact) mass is 947 g/mol. The maximum absolute atomic E-state index is 11.9. The van der Waals surface area contributed by atoms with Gasteiger partial charge in [-0.2, -0.15) is 0 Å². The van der Waals surface area contributed by atoms with Gasteiger partial charge in [-0.25, -0.2) is 0 Å². The average molecular weight is 947 g/mol. The zero-order chi connectivity index (χ0) is 49.8. The minimum absolute atomic E-state index is 0.333. The first-order valence-corrected chi connectivity index (χ1v) is 26.6. The predicted octanol–water partition coefficient (Wildman–Crippen LogP) is 14.2. The molecule has 0 bridgehead atoms. The second kappa shape index (κ2) is 24.1. The van der Waals surface area contributed by atoms with E-state index in [1.807, 2.05) is 37.3 Å². The van der Waals surface area contributed by atoms with Crippen molar-refractivity contribution in [2.24, 2.45) is 33.5 Å². The zero-order valence-electron chi connectivity index (χ0n) is 43.5. The third-order valence-corrected chi connectivity index (χ3v) is 16.4. The van der Waals surface area contributed by atoms with Crippen molar-refractivity contribution in [3.63, 3.8) is 0 Å². The van der Waals surface area contributed by atoms with Crippen LogP contribution >= 0.6 is 0 Å². The Kier molecular flexibility index (Phi) is 18.8. The molecular weight excluding hydrogens is 861 g/mol. The number of rotatable bonds is 13. The number of carbonyl (C=O) groups is 3. The average Bonchev–Trinajstić information content (AvgIpc) is 3.32. The number of ether oxygens (including phenoxy) is 2. The Morgan fingerprint density at radius 1 is 0.609 bits per heavy atom. The summed E-state index contributed by atoms with van der Waals surface area (Å²) in [6.45, 7) is 22.5. The topological polar surface area (TPSA) is 125 Å². The van der Waals surface area contributed by atoms with Crippen molar-refractivity contribution in [2.75, 3.05) is 26.2 Å². The Bertz CT molecular complexity index is 2270. The van der Waals surface area contributed by atoms with Crippen LogP contribution in [0.1, 0.15) is 174 Å². The molecule has 2 saturated heterocycles. The van der Waals surface area contributed by atoms with Crippen LogP contribution in [0.15, 0.2) is 72.8 Å². The Balaban J connectivity index is 0.000000191. The van der Waals surface area contributed by atoms with Gasteiger partial charge in [-0.3, -0.25) is 19.3 Å². The largest absolute Gasteiger partial charge is 0.490 e. The molecule has 8 rings (SSSR count). The lowest BCUT2D eigenvalue weighted by Gasteiger charge is -2.39. The van der Waals surface area contributed by atoms with Gasteiger partial charge in [-0.1, -0.05) is 105 Å². The fourth-order valence-electron chi connectivity index (χ4n) is 11.7. The van der Waals surface area contributed by atoms with Gasteiger partial charge in [0, 0.05) is 12.1 Å². The minimum atomic E-state index is -0.611. The Morgan fingerprint density at radius 2 is 1.03 bits per heavy atom. The van der Waals surface area contributed by atoms with Crippen molar-refractivity contribution < 1.29 is 34.1 Å². The van der Waals surface area contributed by atoms with E-state index in [0.29, 0.717) is 28.6 Å². The summed E-state index contributed by atoms with van der Waals surface area (Å²) in [6.07, 6.45) is 17.7. The molecule has 9 nitrogen and oxygen atoms in total. The lowest BCUT2D eigenvalue weighted by atomic mass is 9.72. The van der Waals surface area contributed by atoms with Crippen molar-refractivity contribution in [2.45, 2.75) is 177 Å². The quantitative estimate of drug-likeness (QED) is 0.112. The van der Waals surface area contributed by atoms with Gasteiger partial charge in [0.15, 0.2) is 0 Å². The standard InChI is InChI=1S/C30H43NO3.C21H26O2.C9H17NO2/c1-5-14-30(28(32)33)15-17-31(18-16-30)21-22-6-7-24-20-27(11-8-23(24)19-22)34-26-12-9-25(10-13-26)29(2,3)4;1-21(2,3)18-7-10-19(11-8-18)23-20-9-6-16-12-15(14-22)4-5-17(16)13-20;1-2-3-9(8(11)12)4-6-10-7-5-9/h6-8,11,19-20,25-26H,5,9-10,12-18,21H2,1-4H3,(H,32,33);4-6,9,12-14,18-19H,7-8,10-11H2,1-3H3;10H,2-7H2,1H3,(H,11,12). The maximum atomic E-state index is 11.9. The van der Waals surface area contributed by atoms with E-state index in [9.17, 15) is 19.5 Å². The molecule has 2 heterocycles. The lowest BCUT2D eigenvalue weighted by molar-refractivity contribution is -0.153. The molecule has 4 aromatic rings. The van der Waals surface area contributed by atoms with E-state index in [4.69, 9.17) is 14.6 Å². The molecule has 0 amide bonds. The number of carbonyl (C=O) groups excluding carboxylic acids is 1. The molecule has 2 saturated carbocycles. The van der Waals surface area contributed by atoms with Gasteiger partial charge in [-0.15, -0.1) is 0 Å². The fraction of sp³-hybridized carbons (Fsp3) is 0.617. The number of carboxylic acid groups (broad SMARTS) is 2. The van der Waals surface area contributed by atoms with Crippen molar-refractivity contribution in [3.8, 4) is 11.5 Å². The number of piperidine rings is 2. The molecule has 0 atom stereocenters. The highest BCUT2D eigenvalue weighted by Gasteiger charge is 2.41. The predicted molar refractivity (Wildman–Crippen MR) is 282 cm³/mol. The Morgan fingerprint density at radius 3 is 1.46 bits per heavy atom. The summed E-state index contributed by atoms with van der Waals surface area (Å²) in [6, 6.07) is 25.1. The molecule has 4 fully saturated rings. The third-order valence-electron chi connectivity index (χ3n) is 16.4. The van der Waals surface area contributed by atoms with Gasteiger partial charge in [0.1, 0.15) is 17.8 Å². The van der Waals surface area contributed by atoms with Gasteiger partial charge in [0.25, 0.3) is 0 Å². The van der Waals surface area contributed by atoms with E-state index in [2.05, 4.69) is 101 Å². The molecule has 2 aliphatic heterocycles. The summed E-state index contributed by atoms with van der Waals surface area (Å²) in [7, 11) is 0. The van der Waals surface area contributed by atoms with Gasteiger partial charge >= 0.3 is 11.9 Å². The molecule has 2 aliphatic carbocycles. The number of likely N-dealkylation sites (tertiary alicyclic amines) is 1. The van der Waals surface area contributed by atoms with Crippen molar-refractivity contribution in [1.29, 1.82) is 0 Å². The van der Waals surface area contributed by atoms with Gasteiger partial charge in [0.05, 0.1) is 23.0 Å². The second-order valence-electron chi connectivity index (χ2n) is 23.3. The van der Waals surface area contributed by atoms with Crippen LogP contribution in [-0.4, -0.2) is 71.7 Å². The molecule has 3 N–H and O–H groups in total. The number of benzene rings is 4. The molecule has 4 aliphatic rings. The molecule has 0 radical (unpaired) electrons. The second-order valence-corrected chi connectivity index (χ2v) is 23.3. The number of aliphatic carboxylic acids is 2. The summed E-state index contributed by atoms with van der Waals surface area (Å²) in [4.78, 5) is 36.2. The summed E-state index contributed by atoms with van der Waals surface area (Å²) in [5.41, 5.74) is 1.88. The molecule has 4 aromatic carbocycles. The van der Waals surface area contributed by atoms with Crippen LogP contribution in [0.3, 0.4) is 0 Å². The summed E-state index contributed by atoms with van der Waals surface area (Å²) < 4.78 is 12.6. The molecule has 378 valence electrons. The van der Waals surface area contributed by atoms with E-state index in [1.54, 1.807) is 0 Å². The maximum Gasteiger partial charge on any atom is 0.309 e. The van der Waals surface area contributed by atoms with E-state index >= 15 is 0 Å². The SMILES string of the molecule is CC(C)(C)C1CCC(Oc2ccc3cc(C=O)ccc3c2)CC1.CCCC1(C(=O)O)CCN(Cc2ccc3cc(OC4CCC(C(C)(C)C)CC4)ccc3c2)CC1.CCCC1(C(=O)O)CCNCC1. The number of fused-ring (bicyclic) bond motifs is 2. The van der Waals surface area contributed by atoms with E-state index in [-0.39, 0.29) is 0 Å². The van der Waals surface area contributed by atoms with E-state index in [1.165, 1.54) is 42.0 Å². The van der Waals surface area contributed by atoms with Crippen molar-refractivity contribution >= 4 is 39.8 Å². The Labute approximate surface area is 414 Å². The van der Waals surface area contributed by atoms with Crippen LogP contribution in [0.5, 0.6) is 11.5 Å². The van der Waals surface area contributed by atoms with Crippen molar-refractivity contribution in [3.05, 3.63) is 83.9 Å². The summed E-state index contributed by atoms with van der Waals surface area (Å²) in [5.74, 6) is 2.31. The lowest BCUT2D eigenvalue weighted by Crippen LogP contribution is -2.44. The zero-order valence-corrected chi connectivity index (χ0v) is 43.5. The first-order valence-electron chi connectivity index (χ1n) is 26.6. The van der Waals surface area contributed by atoms with Crippen LogP contribution < -0.4 is 14.8 Å². The summed E-state index contributed by atoms with van der Waals surface area (Å²) >= 11 is 0. The highest BCUT2D eigenvalue weighted by atomic mass is 16.5. The minimum Gasteiger partial charge on any atom is -0.490 e. The number of carboxylic acids is 2. The van der Waals surface area contributed by atoms with Crippen LogP contribution in [0.25, 0.3) is 21.5 Å². The number of nitrogens with one attached hydrogen (secondary N) is 1. The molecule has 0 spiro atoms. The van der Waals surface area contributed by atoms with E-state index in [0.717, 1.165) is 150 Å². The molecule has 0 unspecified atom stereocenters. The highest BCUT2D eigenvalue weighted by Crippen LogP contribution is 2.41. The molecule has 69 heavy (non-hydrogen) atoms. The molecule has 9 heteroatoms. The Hall–Kier alpha value is -4.47. The van der Waals surface area contributed by atoms with Crippen LogP contribution in [0, 0.1) is 33.5 Å². The smallest absolute Gasteiger partial charge is 0.309 e. The van der Waals surface area contributed by atoms with Gasteiger partial charge in [-0.05, 0) is 202 Å². The molecule has 0 aromatic heterocycles.